The maximum atomic E-state index is 12.3. The summed E-state index contributed by atoms with van der Waals surface area (Å²) in [4.78, 5) is 36.0. The molecule has 0 radical (unpaired) electrons. The predicted octanol–water partition coefficient (Wildman–Crippen LogP) is 7.25. The monoisotopic (exact) mass is 540 g/mol. The van der Waals surface area contributed by atoms with Crippen molar-refractivity contribution in [3.05, 3.63) is 97.6 Å². The minimum Gasteiger partial charge on any atom is -0.493 e. The minimum atomic E-state index is -0.624. The molecule has 0 amide bonds. The summed E-state index contributed by atoms with van der Waals surface area (Å²) in [5.41, 5.74) is 3.31. The van der Waals surface area contributed by atoms with Gasteiger partial charge in [0.15, 0.2) is 0 Å². The molecule has 0 spiro atoms. The summed E-state index contributed by atoms with van der Waals surface area (Å²) >= 11 is 0. The Balaban J connectivity index is 2.08. The first-order valence-electron chi connectivity index (χ1n) is 12.7. The average Bonchev–Trinajstić information content (AvgIpc) is 2.94. The SMILES string of the molecule is C=CC(=O)Oc1cc(-c2ccc(OC(=O)C(=C)C)cc2)c(OCCCC)cc1-c1ccc(OC(=O)C(=C)C)cc1. The third-order valence-corrected chi connectivity index (χ3v) is 5.66. The van der Waals surface area contributed by atoms with E-state index in [1.54, 1.807) is 74.5 Å². The molecule has 0 aliphatic carbocycles. The van der Waals surface area contributed by atoms with Gasteiger partial charge in [0.2, 0.25) is 0 Å². The van der Waals surface area contributed by atoms with E-state index in [4.69, 9.17) is 18.9 Å². The van der Waals surface area contributed by atoms with Crippen molar-refractivity contribution >= 4 is 17.9 Å². The first kappa shape index (κ1) is 29.6. The van der Waals surface area contributed by atoms with Gasteiger partial charge in [0.05, 0.1) is 6.61 Å². The summed E-state index contributed by atoms with van der Waals surface area (Å²) in [6.07, 6.45) is 2.88. The van der Waals surface area contributed by atoms with Crippen molar-refractivity contribution in [2.45, 2.75) is 33.6 Å². The van der Waals surface area contributed by atoms with Crippen molar-refractivity contribution in [1.29, 1.82) is 0 Å². The fraction of sp³-hybridized carbons (Fsp3) is 0.182. The molecule has 0 aliphatic heterocycles. The molecule has 0 N–H and O–H groups in total. The lowest BCUT2D eigenvalue weighted by Gasteiger charge is -2.18. The maximum Gasteiger partial charge on any atom is 0.338 e. The van der Waals surface area contributed by atoms with Gasteiger partial charge >= 0.3 is 17.9 Å². The summed E-state index contributed by atoms with van der Waals surface area (Å²) < 4.78 is 22.4. The highest BCUT2D eigenvalue weighted by Gasteiger charge is 2.18. The standard InChI is InChI=1S/C33H32O7/c1-7-9-18-37-29-19-28(24-12-16-26(17-13-24)39-33(36)22(5)6)30(40-31(34)8-2)20-27(29)23-10-14-25(15-11-23)38-32(35)21(3)4/h8,10-17,19-20H,2-3,5,7,9,18H2,1,4,6H3. The fourth-order valence-electron chi connectivity index (χ4n) is 3.48. The topological polar surface area (TPSA) is 88.1 Å². The number of hydrogen-bond acceptors (Lipinski definition) is 7. The van der Waals surface area contributed by atoms with Crippen molar-refractivity contribution in [3.63, 3.8) is 0 Å². The molecule has 0 atom stereocenters. The van der Waals surface area contributed by atoms with E-state index < -0.39 is 17.9 Å². The second-order valence-electron chi connectivity index (χ2n) is 9.06. The molecular formula is C33H32O7. The van der Waals surface area contributed by atoms with Crippen LogP contribution in [0.15, 0.2) is 97.6 Å². The van der Waals surface area contributed by atoms with Crippen molar-refractivity contribution < 1.29 is 33.3 Å². The number of carbonyl (C=O) groups is 3. The Morgan fingerprint density at radius 3 is 1.60 bits per heavy atom. The fourth-order valence-corrected chi connectivity index (χ4v) is 3.48. The minimum absolute atomic E-state index is 0.284. The van der Waals surface area contributed by atoms with E-state index in [2.05, 4.69) is 26.7 Å². The molecule has 0 bridgehead atoms. The summed E-state index contributed by atoms with van der Waals surface area (Å²) in [6.45, 7) is 16.4. The van der Waals surface area contributed by atoms with Crippen LogP contribution in [0.4, 0.5) is 0 Å². The molecule has 0 aromatic heterocycles. The zero-order valence-corrected chi connectivity index (χ0v) is 23.0. The molecule has 3 aromatic carbocycles. The van der Waals surface area contributed by atoms with Gasteiger partial charge in [-0.1, -0.05) is 57.3 Å². The van der Waals surface area contributed by atoms with Gasteiger partial charge in [0, 0.05) is 28.3 Å². The van der Waals surface area contributed by atoms with Gasteiger partial charge in [-0.05, 0) is 67.8 Å². The summed E-state index contributed by atoms with van der Waals surface area (Å²) in [7, 11) is 0. The Morgan fingerprint density at radius 1 is 0.725 bits per heavy atom. The molecule has 40 heavy (non-hydrogen) atoms. The van der Waals surface area contributed by atoms with Crippen LogP contribution < -0.4 is 18.9 Å². The largest absolute Gasteiger partial charge is 0.493 e. The maximum absolute atomic E-state index is 12.3. The molecule has 3 aromatic rings. The summed E-state index contributed by atoms with van der Waals surface area (Å²) in [5, 5.41) is 0. The van der Waals surface area contributed by atoms with E-state index in [-0.39, 0.29) is 11.3 Å². The highest BCUT2D eigenvalue weighted by molar-refractivity contribution is 5.90. The van der Waals surface area contributed by atoms with E-state index in [0.29, 0.717) is 46.1 Å². The van der Waals surface area contributed by atoms with Crippen LogP contribution in [-0.4, -0.2) is 24.5 Å². The van der Waals surface area contributed by atoms with Gasteiger partial charge < -0.3 is 18.9 Å². The summed E-state index contributed by atoms with van der Waals surface area (Å²) in [6, 6.07) is 17.2. The highest BCUT2D eigenvalue weighted by atomic mass is 16.5. The van der Waals surface area contributed by atoms with Crippen LogP contribution in [0.1, 0.15) is 33.6 Å². The second kappa shape index (κ2) is 13.8. The van der Waals surface area contributed by atoms with E-state index in [0.717, 1.165) is 24.5 Å². The van der Waals surface area contributed by atoms with Gasteiger partial charge in [-0.15, -0.1) is 0 Å². The number of carbonyl (C=O) groups excluding carboxylic acids is 3. The van der Waals surface area contributed by atoms with Crippen LogP contribution in [0.5, 0.6) is 23.0 Å². The van der Waals surface area contributed by atoms with Gasteiger partial charge in [0.1, 0.15) is 23.0 Å². The van der Waals surface area contributed by atoms with Gasteiger partial charge in [-0.2, -0.15) is 0 Å². The zero-order chi connectivity index (χ0) is 29.2. The highest BCUT2D eigenvalue weighted by Crippen LogP contribution is 2.42. The van der Waals surface area contributed by atoms with E-state index >= 15 is 0 Å². The van der Waals surface area contributed by atoms with E-state index in [1.165, 1.54) is 0 Å². The number of benzene rings is 3. The second-order valence-corrected chi connectivity index (χ2v) is 9.06. The lowest BCUT2D eigenvalue weighted by Crippen LogP contribution is -2.08. The van der Waals surface area contributed by atoms with Crippen LogP contribution in [0.2, 0.25) is 0 Å². The normalized spacial score (nSPS) is 10.3. The third kappa shape index (κ3) is 7.80. The predicted molar refractivity (Wildman–Crippen MR) is 154 cm³/mol. The molecule has 0 saturated carbocycles. The zero-order valence-electron chi connectivity index (χ0n) is 23.0. The van der Waals surface area contributed by atoms with Crippen molar-refractivity contribution in [1.82, 2.24) is 0 Å². The number of unbranched alkanes of at least 4 members (excludes halogenated alkanes) is 1. The summed E-state index contributed by atoms with van der Waals surface area (Å²) in [5.74, 6) is -0.0821. The van der Waals surface area contributed by atoms with Gasteiger partial charge in [-0.3, -0.25) is 0 Å². The number of ether oxygens (including phenoxy) is 4. The van der Waals surface area contributed by atoms with Crippen molar-refractivity contribution in [3.8, 4) is 45.3 Å². The molecule has 0 aliphatic rings. The smallest absolute Gasteiger partial charge is 0.338 e. The first-order chi connectivity index (χ1) is 19.1. The average molecular weight is 541 g/mol. The third-order valence-electron chi connectivity index (χ3n) is 5.66. The van der Waals surface area contributed by atoms with E-state index in [1.807, 2.05) is 0 Å². The Hall–Kier alpha value is -4.91. The molecule has 0 heterocycles. The van der Waals surface area contributed by atoms with Crippen LogP contribution in [-0.2, 0) is 14.4 Å². The Morgan fingerprint density at radius 2 is 1.18 bits per heavy atom. The lowest BCUT2D eigenvalue weighted by atomic mass is 9.97. The lowest BCUT2D eigenvalue weighted by molar-refractivity contribution is -0.130. The van der Waals surface area contributed by atoms with Crippen LogP contribution in [0.3, 0.4) is 0 Å². The van der Waals surface area contributed by atoms with Crippen LogP contribution in [0.25, 0.3) is 22.3 Å². The molecule has 206 valence electrons. The Kier molecular flexibility index (Phi) is 10.2. The Labute approximate surface area is 234 Å². The molecule has 3 rings (SSSR count). The molecular weight excluding hydrogens is 508 g/mol. The van der Waals surface area contributed by atoms with Crippen molar-refractivity contribution in [2.75, 3.05) is 6.61 Å². The van der Waals surface area contributed by atoms with Gasteiger partial charge in [0.25, 0.3) is 0 Å². The molecule has 0 fully saturated rings. The molecule has 0 unspecified atom stereocenters. The number of hydrogen-bond donors (Lipinski definition) is 0. The number of rotatable bonds is 12. The molecule has 0 saturated heterocycles. The molecule has 7 heteroatoms. The quantitative estimate of drug-likeness (QED) is 0.103. The molecule has 7 nitrogen and oxygen atoms in total. The van der Waals surface area contributed by atoms with Crippen LogP contribution >= 0.6 is 0 Å². The number of esters is 3. The Bertz CT molecular complexity index is 1430. The first-order valence-corrected chi connectivity index (χ1v) is 12.7. The van der Waals surface area contributed by atoms with Crippen molar-refractivity contribution in [2.24, 2.45) is 0 Å². The van der Waals surface area contributed by atoms with Crippen LogP contribution in [0, 0.1) is 0 Å². The van der Waals surface area contributed by atoms with Gasteiger partial charge in [-0.25, -0.2) is 14.4 Å². The van der Waals surface area contributed by atoms with E-state index in [9.17, 15) is 14.4 Å².